The van der Waals surface area contributed by atoms with E-state index < -0.39 is 20.2 Å². The lowest BCUT2D eigenvalue weighted by molar-refractivity contribution is 0.153. The van der Waals surface area contributed by atoms with E-state index in [0.717, 1.165) is 36.8 Å². The van der Waals surface area contributed by atoms with Crippen molar-refractivity contribution in [2.45, 2.75) is 49.3 Å². The summed E-state index contributed by atoms with van der Waals surface area (Å²) >= 11 is 0. The van der Waals surface area contributed by atoms with Crippen LogP contribution in [0.2, 0.25) is 0 Å². The minimum absolute atomic E-state index is 0.134. The Morgan fingerprint density at radius 1 is 0.633 bits per heavy atom. The SMILES string of the molecule is Cc1ccc(S(=O)(=O)OC[C@H]2CC[C@H](COS(=O)(=O)c3ccc(C)cc3)CC2)cc1. The molecule has 0 aromatic heterocycles. The lowest BCUT2D eigenvalue weighted by atomic mass is 9.83. The van der Waals surface area contributed by atoms with Gasteiger partial charge in [0.05, 0.1) is 23.0 Å². The minimum atomic E-state index is -3.76. The van der Waals surface area contributed by atoms with Crippen LogP contribution in [0.3, 0.4) is 0 Å². The predicted octanol–water partition coefficient (Wildman–Crippen LogP) is 4.22. The van der Waals surface area contributed by atoms with Crippen molar-refractivity contribution in [3.63, 3.8) is 0 Å². The first-order chi connectivity index (χ1) is 14.2. The maximum absolute atomic E-state index is 12.3. The lowest BCUT2D eigenvalue weighted by Crippen LogP contribution is -2.24. The molecular formula is C22H28O6S2. The highest BCUT2D eigenvalue weighted by atomic mass is 32.2. The van der Waals surface area contributed by atoms with E-state index in [9.17, 15) is 16.8 Å². The summed E-state index contributed by atoms with van der Waals surface area (Å²) in [6.45, 7) is 4.08. The molecule has 3 rings (SSSR count). The van der Waals surface area contributed by atoms with Crippen LogP contribution in [-0.4, -0.2) is 30.0 Å². The maximum atomic E-state index is 12.3. The van der Waals surface area contributed by atoms with E-state index in [0.29, 0.717) is 0 Å². The van der Waals surface area contributed by atoms with Crippen molar-refractivity contribution in [2.24, 2.45) is 11.8 Å². The van der Waals surface area contributed by atoms with E-state index in [2.05, 4.69) is 0 Å². The van der Waals surface area contributed by atoms with E-state index >= 15 is 0 Å². The first kappa shape index (κ1) is 22.9. The predicted molar refractivity (Wildman–Crippen MR) is 114 cm³/mol. The molecule has 8 heteroatoms. The average molecular weight is 453 g/mol. The number of benzene rings is 2. The van der Waals surface area contributed by atoms with Gasteiger partial charge in [0.15, 0.2) is 0 Å². The molecule has 1 fully saturated rings. The van der Waals surface area contributed by atoms with Crippen molar-refractivity contribution in [1.29, 1.82) is 0 Å². The van der Waals surface area contributed by atoms with E-state index in [4.69, 9.17) is 8.37 Å². The molecule has 0 heterocycles. The van der Waals surface area contributed by atoms with Gasteiger partial charge in [-0.1, -0.05) is 35.4 Å². The first-order valence-corrected chi connectivity index (χ1v) is 12.9. The van der Waals surface area contributed by atoms with E-state index in [-0.39, 0.29) is 34.8 Å². The maximum Gasteiger partial charge on any atom is 0.296 e. The third-order valence-corrected chi connectivity index (χ3v) is 8.10. The number of rotatable bonds is 8. The number of aryl methyl sites for hydroxylation is 2. The van der Waals surface area contributed by atoms with Crippen LogP contribution in [0.25, 0.3) is 0 Å². The summed E-state index contributed by atoms with van der Waals surface area (Å²) in [5, 5.41) is 0. The molecule has 1 aliphatic carbocycles. The molecule has 164 valence electrons. The van der Waals surface area contributed by atoms with Crippen LogP contribution in [0.1, 0.15) is 36.8 Å². The molecule has 30 heavy (non-hydrogen) atoms. The number of hydrogen-bond donors (Lipinski definition) is 0. The van der Waals surface area contributed by atoms with Gasteiger partial charge >= 0.3 is 0 Å². The molecule has 6 nitrogen and oxygen atoms in total. The van der Waals surface area contributed by atoms with Gasteiger partial charge < -0.3 is 0 Å². The van der Waals surface area contributed by atoms with Crippen LogP contribution in [0, 0.1) is 25.7 Å². The molecule has 0 amide bonds. The third-order valence-electron chi connectivity index (χ3n) is 5.50. The van der Waals surface area contributed by atoms with Crippen molar-refractivity contribution in [2.75, 3.05) is 13.2 Å². The fourth-order valence-electron chi connectivity index (χ4n) is 3.48. The normalized spacial score (nSPS) is 20.2. The van der Waals surface area contributed by atoms with Gasteiger partial charge in [-0.3, -0.25) is 8.37 Å². The third kappa shape index (κ3) is 6.14. The zero-order valence-electron chi connectivity index (χ0n) is 17.3. The summed E-state index contributed by atoms with van der Waals surface area (Å²) in [6, 6.07) is 13.2. The van der Waals surface area contributed by atoms with Crippen LogP contribution < -0.4 is 0 Å². The minimum Gasteiger partial charge on any atom is -0.266 e. The van der Waals surface area contributed by atoms with Crippen molar-refractivity contribution >= 4 is 20.2 Å². The van der Waals surface area contributed by atoms with E-state index in [1.165, 1.54) is 0 Å². The van der Waals surface area contributed by atoms with Crippen molar-refractivity contribution in [3.8, 4) is 0 Å². The van der Waals surface area contributed by atoms with Gasteiger partial charge in [0, 0.05) is 0 Å². The Kier molecular flexibility index (Phi) is 7.34. The largest absolute Gasteiger partial charge is 0.296 e. The molecule has 0 saturated heterocycles. The zero-order valence-corrected chi connectivity index (χ0v) is 18.9. The summed E-state index contributed by atoms with van der Waals surface area (Å²) < 4.78 is 59.8. The Balaban J connectivity index is 1.44. The second kappa shape index (κ2) is 9.60. The van der Waals surface area contributed by atoms with Gasteiger partial charge in [0.2, 0.25) is 0 Å². The van der Waals surface area contributed by atoms with Gasteiger partial charge in [0.1, 0.15) is 0 Å². The van der Waals surface area contributed by atoms with Crippen molar-refractivity contribution in [1.82, 2.24) is 0 Å². The van der Waals surface area contributed by atoms with E-state index in [1.807, 2.05) is 13.8 Å². The van der Waals surface area contributed by atoms with Crippen molar-refractivity contribution < 1.29 is 25.2 Å². The molecule has 0 bridgehead atoms. The summed E-state index contributed by atoms with van der Waals surface area (Å²) in [7, 11) is -7.51. The molecule has 0 radical (unpaired) electrons. The topological polar surface area (TPSA) is 86.7 Å². The quantitative estimate of drug-likeness (QED) is 0.558. The first-order valence-electron chi connectivity index (χ1n) is 10.1. The monoisotopic (exact) mass is 452 g/mol. The standard InChI is InChI=1S/C22H28O6S2/c1-17-3-11-21(12-4-17)29(23,24)27-15-19-7-9-20(10-8-19)16-28-30(25,26)22-13-5-18(2)6-14-22/h3-6,11-14,19-20H,7-10,15-16H2,1-2H3/t19-,20-. The van der Waals surface area contributed by atoms with Gasteiger partial charge in [-0.25, -0.2) is 0 Å². The Morgan fingerprint density at radius 2 is 0.933 bits per heavy atom. The number of hydrogen-bond acceptors (Lipinski definition) is 6. The van der Waals surface area contributed by atoms with Gasteiger partial charge in [-0.15, -0.1) is 0 Å². The summed E-state index contributed by atoms with van der Waals surface area (Å²) in [6.07, 6.45) is 3.12. The van der Waals surface area contributed by atoms with Gasteiger partial charge in [-0.2, -0.15) is 16.8 Å². The Labute approximate surface area is 179 Å². The molecule has 0 atom stereocenters. The molecular weight excluding hydrogens is 424 g/mol. The Bertz CT molecular complexity index is 946. The molecule has 0 N–H and O–H groups in total. The summed E-state index contributed by atoms with van der Waals surface area (Å²) in [5.74, 6) is 0.269. The molecule has 2 aromatic rings. The molecule has 0 unspecified atom stereocenters. The zero-order chi connectivity index (χ0) is 21.8. The Morgan fingerprint density at radius 3 is 1.23 bits per heavy atom. The van der Waals surface area contributed by atoms with Crippen LogP contribution in [0.15, 0.2) is 58.3 Å². The van der Waals surface area contributed by atoms with Crippen LogP contribution in [0.4, 0.5) is 0 Å². The van der Waals surface area contributed by atoms with Gasteiger partial charge in [0.25, 0.3) is 20.2 Å². The molecule has 0 spiro atoms. The second-order valence-corrected chi connectivity index (χ2v) is 11.2. The molecule has 2 aromatic carbocycles. The van der Waals surface area contributed by atoms with E-state index in [1.54, 1.807) is 48.5 Å². The van der Waals surface area contributed by atoms with Crippen LogP contribution in [0.5, 0.6) is 0 Å². The molecule has 0 aliphatic heterocycles. The highest BCUT2D eigenvalue weighted by Gasteiger charge is 2.26. The lowest BCUT2D eigenvalue weighted by Gasteiger charge is -2.27. The fraction of sp³-hybridized carbons (Fsp3) is 0.455. The average Bonchev–Trinajstić information content (AvgIpc) is 2.72. The highest BCUT2D eigenvalue weighted by Crippen LogP contribution is 2.30. The van der Waals surface area contributed by atoms with Gasteiger partial charge in [-0.05, 0) is 75.6 Å². The fourth-order valence-corrected chi connectivity index (χ4v) is 5.44. The van der Waals surface area contributed by atoms with Crippen LogP contribution in [-0.2, 0) is 28.6 Å². The van der Waals surface area contributed by atoms with Crippen molar-refractivity contribution in [3.05, 3.63) is 59.7 Å². The van der Waals surface area contributed by atoms with Crippen LogP contribution >= 0.6 is 0 Å². The highest BCUT2D eigenvalue weighted by molar-refractivity contribution is 7.87. The smallest absolute Gasteiger partial charge is 0.266 e. The molecule has 1 saturated carbocycles. The second-order valence-electron chi connectivity index (χ2n) is 7.99. The molecule has 1 aliphatic rings. The summed E-state index contributed by atoms with van der Waals surface area (Å²) in [5.41, 5.74) is 1.97. The Hall–Kier alpha value is -1.74. The summed E-state index contributed by atoms with van der Waals surface area (Å²) in [4.78, 5) is 0.327.